The Balaban J connectivity index is 2.05. The van der Waals surface area contributed by atoms with Crippen LogP contribution in [0.4, 0.5) is 11.6 Å². The minimum Gasteiger partial charge on any atom is -0.389 e. The predicted molar refractivity (Wildman–Crippen MR) is 94.4 cm³/mol. The van der Waals surface area contributed by atoms with Crippen LogP contribution >= 0.6 is 0 Å². The maximum Gasteiger partial charge on any atom is 0.332 e. The lowest BCUT2D eigenvalue weighted by atomic mass is 10.2. The first kappa shape index (κ1) is 15.6. The van der Waals surface area contributed by atoms with E-state index in [4.69, 9.17) is 0 Å². The van der Waals surface area contributed by atoms with Gasteiger partial charge in [-0.3, -0.25) is 13.9 Å². The third-order valence-electron chi connectivity index (χ3n) is 4.67. The molecule has 0 aliphatic carbocycles. The number of hydrogen-bond donors (Lipinski definition) is 1. The number of nitrogens with zero attached hydrogens (tertiary/aromatic N) is 5. The van der Waals surface area contributed by atoms with Gasteiger partial charge in [0, 0.05) is 19.8 Å². The number of anilines is 2. The van der Waals surface area contributed by atoms with Crippen molar-refractivity contribution in [3.05, 3.63) is 50.7 Å². The maximum absolute atomic E-state index is 12.6. The Morgan fingerprint density at radius 3 is 2.64 bits per heavy atom. The van der Waals surface area contributed by atoms with E-state index >= 15 is 0 Å². The minimum absolute atomic E-state index is 0.265. The molecule has 1 aromatic carbocycles. The molecule has 1 aliphatic rings. The lowest BCUT2D eigenvalue weighted by molar-refractivity contribution is 0.154. The fraction of sp³-hybridized carbons (Fsp3) is 0.353. The standard InChI is InChI=1S/C17H19N5O3/c1-10-5-4-6-11(7-10)21-8-12(23)9-22-13-14(18-16(21)22)19(2)17(25)20(3)15(13)24/h4-7,12,23H,8-9H2,1-3H3/t12-/m1/s1. The number of β-amino-alcohol motifs (C(OH)–C–C–N with tert-alkyl or cyclic N) is 1. The molecule has 0 amide bonds. The first-order valence-corrected chi connectivity index (χ1v) is 8.07. The molecule has 1 atom stereocenters. The van der Waals surface area contributed by atoms with Crippen LogP contribution in [0.25, 0.3) is 11.2 Å². The molecular weight excluding hydrogens is 322 g/mol. The Hall–Kier alpha value is -2.87. The fourth-order valence-corrected chi connectivity index (χ4v) is 3.39. The van der Waals surface area contributed by atoms with Gasteiger partial charge >= 0.3 is 5.69 Å². The van der Waals surface area contributed by atoms with Crippen LogP contribution in [-0.2, 0) is 20.6 Å². The van der Waals surface area contributed by atoms with Crippen molar-refractivity contribution >= 4 is 22.8 Å². The summed E-state index contributed by atoms with van der Waals surface area (Å²) in [5.74, 6) is 0.559. The molecule has 0 saturated heterocycles. The van der Waals surface area contributed by atoms with Gasteiger partial charge < -0.3 is 14.6 Å². The number of imidazole rings is 1. The number of aliphatic hydroxyl groups excluding tert-OH is 1. The Bertz CT molecular complexity index is 1110. The molecule has 0 spiro atoms. The molecule has 1 N–H and O–H groups in total. The second-order valence-electron chi connectivity index (χ2n) is 6.50. The quantitative estimate of drug-likeness (QED) is 0.686. The summed E-state index contributed by atoms with van der Waals surface area (Å²) in [6.07, 6.45) is -0.646. The predicted octanol–water partition coefficient (Wildman–Crippen LogP) is 0.255. The average Bonchev–Trinajstić information content (AvgIpc) is 2.96. The Labute approximate surface area is 143 Å². The van der Waals surface area contributed by atoms with Crippen molar-refractivity contribution in [1.29, 1.82) is 0 Å². The van der Waals surface area contributed by atoms with E-state index in [9.17, 15) is 14.7 Å². The number of rotatable bonds is 1. The molecule has 0 radical (unpaired) electrons. The lowest BCUT2D eigenvalue weighted by Gasteiger charge is -2.32. The third kappa shape index (κ3) is 2.21. The summed E-state index contributed by atoms with van der Waals surface area (Å²) in [4.78, 5) is 31.3. The van der Waals surface area contributed by atoms with Crippen molar-refractivity contribution in [3.8, 4) is 0 Å². The zero-order valence-electron chi connectivity index (χ0n) is 14.3. The zero-order chi connectivity index (χ0) is 17.9. The Morgan fingerprint density at radius 2 is 1.92 bits per heavy atom. The highest BCUT2D eigenvalue weighted by atomic mass is 16.3. The van der Waals surface area contributed by atoms with Gasteiger partial charge in [0.2, 0.25) is 5.95 Å². The largest absolute Gasteiger partial charge is 0.389 e. The van der Waals surface area contributed by atoms with Gasteiger partial charge in [-0.25, -0.2) is 4.79 Å². The molecule has 3 aromatic rings. The molecule has 2 aromatic heterocycles. The van der Waals surface area contributed by atoms with Crippen molar-refractivity contribution in [2.45, 2.75) is 19.6 Å². The monoisotopic (exact) mass is 341 g/mol. The number of aliphatic hydroxyl groups is 1. The minimum atomic E-state index is -0.646. The summed E-state index contributed by atoms with van der Waals surface area (Å²) < 4.78 is 4.13. The maximum atomic E-state index is 12.6. The van der Waals surface area contributed by atoms with E-state index in [1.54, 1.807) is 11.6 Å². The summed E-state index contributed by atoms with van der Waals surface area (Å²) in [5, 5.41) is 10.4. The van der Waals surface area contributed by atoms with Crippen LogP contribution in [0.1, 0.15) is 5.56 Å². The SMILES string of the molecule is Cc1cccc(N2C[C@@H](O)Cn3c2nc2c3c(=O)n(C)c(=O)n2C)c1. The Kier molecular flexibility index (Phi) is 3.33. The summed E-state index contributed by atoms with van der Waals surface area (Å²) >= 11 is 0. The summed E-state index contributed by atoms with van der Waals surface area (Å²) in [5.41, 5.74) is 1.80. The van der Waals surface area contributed by atoms with E-state index in [-0.39, 0.29) is 6.54 Å². The van der Waals surface area contributed by atoms with E-state index in [0.29, 0.717) is 23.7 Å². The number of aryl methyl sites for hydroxylation is 2. The molecular formula is C17H19N5O3. The highest BCUT2D eigenvalue weighted by Gasteiger charge is 2.30. The second-order valence-corrected chi connectivity index (χ2v) is 6.50. The van der Waals surface area contributed by atoms with Gasteiger partial charge in [-0.15, -0.1) is 0 Å². The molecule has 0 fully saturated rings. The normalized spacial score (nSPS) is 17.1. The van der Waals surface area contributed by atoms with E-state index in [0.717, 1.165) is 15.8 Å². The fourth-order valence-electron chi connectivity index (χ4n) is 3.39. The van der Waals surface area contributed by atoms with Gasteiger partial charge in [0.05, 0.1) is 19.2 Å². The highest BCUT2D eigenvalue weighted by molar-refractivity contribution is 5.77. The number of hydrogen-bond acceptors (Lipinski definition) is 5. The summed E-state index contributed by atoms with van der Waals surface area (Å²) in [6.45, 7) is 2.63. The van der Waals surface area contributed by atoms with E-state index in [1.807, 2.05) is 36.1 Å². The molecule has 0 bridgehead atoms. The average molecular weight is 341 g/mol. The highest BCUT2D eigenvalue weighted by Crippen LogP contribution is 2.31. The van der Waals surface area contributed by atoms with E-state index < -0.39 is 17.4 Å². The molecule has 8 nitrogen and oxygen atoms in total. The Morgan fingerprint density at radius 1 is 1.16 bits per heavy atom. The molecule has 25 heavy (non-hydrogen) atoms. The van der Waals surface area contributed by atoms with Crippen LogP contribution < -0.4 is 16.1 Å². The summed E-state index contributed by atoms with van der Waals surface area (Å²) in [6, 6.07) is 7.87. The molecule has 8 heteroatoms. The van der Waals surface area contributed by atoms with Crippen molar-refractivity contribution in [2.24, 2.45) is 14.1 Å². The van der Waals surface area contributed by atoms with Gasteiger partial charge in [-0.1, -0.05) is 12.1 Å². The van der Waals surface area contributed by atoms with Crippen LogP contribution in [0.5, 0.6) is 0 Å². The van der Waals surface area contributed by atoms with E-state index in [1.165, 1.54) is 11.6 Å². The van der Waals surface area contributed by atoms with Crippen LogP contribution in [-0.4, -0.2) is 36.4 Å². The molecule has 4 rings (SSSR count). The number of fused-ring (bicyclic) bond motifs is 3. The zero-order valence-corrected chi connectivity index (χ0v) is 14.3. The molecule has 1 aliphatic heterocycles. The van der Waals surface area contributed by atoms with Crippen LogP contribution in [0.15, 0.2) is 33.9 Å². The van der Waals surface area contributed by atoms with Gasteiger partial charge in [-0.2, -0.15) is 4.98 Å². The molecule has 130 valence electrons. The van der Waals surface area contributed by atoms with Crippen LogP contribution in [0.2, 0.25) is 0 Å². The van der Waals surface area contributed by atoms with Crippen molar-refractivity contribution in [1.82, 2.24) is 18.7 Å². The van der Waals surface area contributed by atoms with Crippen LogP contribution in [0, 0.1) is 6.92 Å². The van der Waals surface area contributed by atoms with Gasteiger partial charge in [-0.05, 0) is 24.6 Å². The van der Waals surface area contributed by atoms with Crippen molar-refractivity contribution < 1.29 is 5.11 Å². The molecule has 0 unspecified atom stereocenters. The topological polar surface area (TPSA) is 85.3 Å². The first-order valence-electron chi connectivity index (χ1n) is 8.07. The third-order valence-corrected chi connectivity index (χ3v) is 4.67. The van der Waals surface area contributed by atoms with Gasteiger partial charge in [0.15, 0.2) is 11.2 Å². The lowest BCUT2D eigenvalue weighted by Crippen LogP contribution is -2.40. The van der Waals surface area contributed by atoms with Crippen LogP contribution in [0.3, 0.4) is 0 Å². The molecule has 0 saturated carbocycles. The van der Waals surface area contributed by atoms with Crippen molar-refractivity contribution in [3.63, 3.8) is 0 Å². The smallest absolute Gasteiger partial charge is 0.332 e. The van der Waals surface area contributed by atoms with Crippen molar-refractivity contribution in [2.75, 3.05) is 11.4 Å². The van der Waals surface area contributed by atoms with Gasteiger partial charge in [0.1, 0.15) is 0 Å². The number of aromatic nitrogens is 4. The van der Waals surface area contributed by atoms with Gasteiger partial charge in [0.25, 0.3) is 5.56 Å². The summed E-state index contributed by atoms with van der Waals surface area (Å²) in [7, 11) is 3.04. The number of benzene rings is 1. The van der Waals surface area contributed by atoms with E-state index in [2.05, 4.69) is 4.98 Å². The second kappa shape index (κ2) is 5.32. The first-order chi connectivity index (χ1) is 11.9. The molecule has 3 heterocycles.